The van der Waals surface area contributed by atoms with Crippen molar-refractivity contribution in [2.24, 2.45) is 0 Å². The Morgan fingerprint density at radius 1 is 1.00 bits per heavy atom. The van der Waals surface area contributed by atoms with E-state index in [0.29, 0.717) is 23.9 Å². The number of benzene rings is 3. The van der Waals surface area contributed by atoms with Crippen LogP contribution in [0.25, 0.3) is 0 Å². The third-order valence-electron chi connectivity index (χ3n) is 7.99. The van der Waals surface area contributed by atoms with Crippen LogP contribution in [-0.2, 0) is 38.1 Å². The van der Waals surface area contributed by atoms with Gasteiger partial charge < -0.3 is 10.1 Å². The normalized spacial score (nSPS) is 20.6. The smallest absolute Gasteiger partial charge is 0.321 e. The van der Waals surface area contributed by atoms with Gasteiger partial charge in [-0.1, -0.05) is 76.3 Å². The van der Waals surface area contributed by atoms with Crippen LogP contribution in [0.1, 0.15) is 29.5 Å². The summed E-state index contributed by atoms with van der Waals surface area (Å²) >= 11 is 6.04. The third kappa shape index (κ3) is 5.95. The minimum Gasteiger partial charge on any atom is -0.375 e. The molecular weight excluding hydrogens is 548 g/mol. The fraction of sp³-hybridized carbons (Fsp3) is 0.367. The quantitative estimate of drug-likeness (QED) is 0.315. The number of fused-ring (bicyclic) bond motifs is 2. The number of carbonyl (C=O) groups is 1. The van der Waals surface area contributed by atoms with Gasteiger partial charge in [-0.05, 0) is 49.2 Å². The van der Waals surface area contributed by atoms with Crippen molar-refractivity contribution in [2.45, 2.75) is 37.5 Å². The minimum absolute atomic E-state index is 0.0643. The molecule has 0 saturated carbocycles. The molecule has 2 aliphatic heterocycles. The molecule has 40 heavy (non-hydrogen) atoms. The van der Waals surface area contributed by atoms with E-state index in [9.17, 15) is 13.2 Å². The highest BCUT2D eigenvalue weighted by Gasteiger charge is 2.60. The highest BCUT2D eigenvalue weighted by atomic mass is 35.5. The zero-order valence-electron chi connectivity index (χ0n) is 22.6. The number of halogens is 1. The van der Waals surface area contributed by atoms with E-state index in [1.54, 1.807) is 12.1 Å². The average molecular weight is 584 g/mol. The second kappa shape index (κ2) is 12.0. The number of hydrogen-bond acceptors (Lipinski definition) is 6. The topological polar surface area (TPSA) is 96.5 Å². The van der Waals surface area contributed by atoms with Crippen molar-refractivity contribution < 1.29 is 17.9 Å². The Labute approximate surface area is 241 Å². The van der Waals surface area contributed by atoms with E-state index in [1.165, 1.54) is 6.26 Å². The molecule has 8 nitrogen and oxygen atoms in total. The largest absolute Gasteiger partial charge is 0.375 e. The van der Waals surface area contributed by atoms with Crippen LogP contribution < -0.4 is 20.1 Å². The Morgan fingerprint density at radius 2 is 1.68 bits per heavy atom. The number of rotatable bonds is 10. The number of hydrogen-bond donors (Lipinski definition) is 3. The maximum absolute atomic E-state index is 14.0. The van der Waals surface area contributed by atoms with Gasteiger partial charge in [0.2, 0.25) is 0 Å². The molecule has 212 valence electrons. The van der Waals surface area contributed by atoms with E-state index >= 15 is 0 Å². The zero-order valence-corrected chi connectivity index (χ0v) is 24.2. The molecule has 2 atom stereocenters. The van der Waals surface area contributed by atoms with Crippen molar-refractivity contribution in [2.75, 3.05) is 32.5 Å². The molecular formula is C30H36ClN4O4S+. The molecule has 3 aromatic carbocycles. The predicted octanol–water partition coefficient (Wildman–Crippen LogP) is 3.65. The number of amides is 1. The Kier molecular flexibility index (Phi) is 8.61. The standard InChI is InChI=1S/C30H35ClN4O4S/c1-40(37,38)35(22-30(15-17-32-18-16-30)26-9-5-6-10-28(26)35)34-29(36)27(21-39-20-24-7-3-2-4-8-24)33-19-23-11-13-25(31)14-12-23/h2-14,27,32-33H,15-22H2,1H3/p+1. The second-order valence-electron chi connectivity index (χ2n) is 10.7. The fourth-order valence-corrected chi connectivity index (χ4v) is 7.22. The molecule has 1 spiro atoms. The SMILES string of the molecule is CS(=O)(=O)[N+]1(NC(=O)C(COCc2ccccc2)NCc2ccc(Cl)cc2)CC2(CCNCC2)c2ccccc21. The van der Waals surface area contributed by atoms with Crippen LogP contribution in [0.4, 0.5) is 5.69 Å². The first kappa shape index (κ1) is 28.7. The molecule has 1 fully saturated rings. The number of nitrogens with one attached hydrogen (secondary N) is 3. The van der Waals surface area contributed by atoms with Gasteiger partial charge in [-0.25, -0.2) is 0 Å². The monoisotopic (exact) mass is 583 g/mol. The highest BCUT2D eigenvalue weighted by molar-refractivity contribution is 7.90. The first-order valence-corrected chi connectivity index (χ1v) is 15.8. The van der Waals surface area contributed by atoms with Gasteiger partial charge in [0.25, 0.3) is 5.91 Å². The molecule has 3 aromatic rings. The first-order valence-electron chi connectivity index (χ1n) is 13.5. The number of nitrogens with zero attached hydrogens (tertiary/aromatic N) is 1. The summed E-state index contributed by atoms with van der Waals surface area (Å²) in [4.78, 5) is 14.0. The van der Waals surface area contributed by atoms with Crippen molar-refractivity contribution in [1.82, 2.24) is 20.1 Å². The van der Waals surface area contributed by atoms with Crippen LogP contribution in [0, 0.1) is 0 Å². The van der Waals surface area contributed by atoms with Crippen LogP contribution in [0.5, 0.6) is 0 Å². The molecule has 2 heterocycles. The average Bonchev–Trinajstić information content (AvgIpc) is 3.22. The second-order valence-corrected chi connectivity index (χ2v) is 13.2. The number of piperidine rings is 1. The molecule has 2 aliphatic rings. The van der Waals surface area contributed by atoms with Crippen LogP contribution >= 0.6 is 11.6 Å². The predicted molar refractivity (Wildman–Crippen MR) is 158 cm³/mol. The Balaban J connectivity index is 1.42. The Bertz CT molecular complexity index is 1430. The maximum atomic E-state index is 14.0. The first-order chi connectivity index (χ1) is 19.2. The molecule has 1 amide bonds. The van der Waals surface area contributed by atoms with Crippen LogP contribution in [-0.4, -0.2) is 52.9 Å². The van der Waals surface area contributed by atoms with Gasteiger partial charge >= 0.3 is 10.0 Å². The number of quaternary nitrogens is 1. The van der Waals surface area contributed by atoms with Crippen molar-refractivity contribution in [3.8, 4) is 0 Å². The van der Waals surface area contributed by atoms with E-state index in [2.05, 4.69) is 16.1 Å². The molecule has 5 rings (SSSR count). The van der Waals surface area contributed by atoms with Gasteiger partial charge in [0.1, 0.15) is 12.6 Å². The summed E-state index contributed by atoms with van der Waals surface area (Å²) in [5, 5.41) is 7.30. The van der Waals surface area contributed by atoms with E-state index < -0.39 is 26.0 Å². The van der Waals surface area contributed by atoms with E-state index in [-0.39, 0.29) is 18.6 Å². The lowest BCUT2D eigenvalue weighted by molar-refractivity contribution is -0.127. The maximum Gasteiger partial charge on any atom is 0.321 e. The molecule has 10 heteroatoms. The number of ether oxygens (including phenoxy) is 1. The molecule has 3 N–H and O–H groups in total. The van der Waals surface area contributed by atoms with Crippen molar-refractivity contribution in [3.05, 3.63) is 101 Å². The van der Waals surface area contributed by atoms with Gasteiger partial charge in [-0.3, -0.25) is 10.1 Å². The van der Waals surface area contributed by atoms with Crippen LogP contribution in [0.2, 0.25) is 5.02 Å². The van der Waals surface area contributed by atoms with Crippen LogP contribution in [0.15, 0.2) is 78.9 Å². The summed E-state index contributed by atoms with van der Waals surface area (Å²) in [6.45, 7) is 2.63. The number of carbonyl (C=O) groups excluding carboxylic acids is 1. The van der Waals surface area contributed by atoms with Gasteiger partial charge in [0.05, 0.1) is 24.9 Å². The van der Waals surface area contributed by atoms with E-state index in [4.69, 9.17) is 16.3 Å². The van der Waals surface area contributed by atoms with Gasteiger partial charge in [-0.15, -0.1) is 0 Å². The lowest BCUT2D eigenvalue weighted by Gasteiger charge is -2.36. The molecule has 1 saturated heterocycles. The van der Waals surface area contributed by atoms with Crippen molar-refractivity contribution in [3.63, 3.8) is 0 Å². The molecule has 0 bridgehead atoms. The lowest BCUT2D eigenvalue weighted by atomic mass is 9.75. The van der Waals surface area contributed by atoms with Crippen molar-refractivity contribution in [1.29, 1.82) is 0 Å². The van der Waals surface area contributed by atoms with Gasteiger partial charge in [-0.2, -0.15) is 13.8 Å². The van der Waals surface area contributed by atoms with Gasteiger partial charge in [0.15, 0.2) is 5.69 Å². The van der Waals surface area contributed by atoms with E-state index in [1.807, 2.05) is 66.7 Å². The summed E-state index contributed by atoms with van der Waals surface area (Å²) in [5.41, 5.74) is 6.18. The summed E-state index contributed by atoms with van der Waals surface area (Å²) in [7, 11) is -3.81. The summed E-state index contributed by atoms with van der Waals surface area (Å²) in [5.74, 6) is -0.437. The Hall–Kier alpha value is -2.79. The zero-order chi connectivity index (χ0) is 28.2. The molecule has 2 unspecified atom stereocenters. The number of para-hydroxylation sites is 1. The molecule has 0 radical (unpaired) electrons. The third-order valence-corrected chi connectivity index (χ3v) is 9.79. The Morgan fingerprint density at radius 3 is 2.38 bits per heavy atom. The van der Waals surface area contributed by atoms with Crippen LogP contribution in [0.3, 0.4) is 0 Å². The summed E-state index contributed by atoms with van der Waals surface area (Å²) < 4.78 is 32.5. The van der Waals surface area contributed by atoms with E-state index in [0.717, 1.165) is 42.6 Å². The molecule has 0 aliphatic carbocycles. The van der Waals surface area contributed by atoms with Crippen molar-refractivity contribution >= 4 is 33.2 Å². The lowest BCUT2D eigenvalue weighted by Crippen LogP contribution is -2.68. The summed E-state index contributed by atoms with van der Waals surface area (Å²) in [6.07, 6.45) is 2.80. The van der Waals surface area contributed by atoms with Gasteiger partial charge in [0, 0.05) is 23.2 Å². The fourth-order valence-electron chi connectivity index (χ4n) is 5.84. The molecule has 0 aromatic heterocycles. The highest BCUT2D eigenvalue weighted by Crippen LogP contribution is 2.50. The minimum atomic E-state index is -3.81. The number of sulfonamides is 1. The summed E-state index contributed by atoms with van der Waals surface area (Å²) in [6, 6.07) is 23.9.